The van der Waals surface area contributed by atoms with Crippen LogP contribution in [0.1, 0.15) is 31.1 Å². The molecule has 1 amide bonds. The molecular weight excluding hydrogens is 270 g/mol. The molecule has 0 aromatic carbocycles. The lowest BCUT2D eigenvalue weighted by atomic mass is 10.2. The monoisotopic (exact) mass is 295 g/mol. The van der Waals surface area contributed by atoms with Crippen LogP contribution in [-0.2, 0) is 11.3 Å². The lowest BCUT2D eigenvalue weighted by molar-refractivity contribution is -0.131. The fraction of sp³-hybridized carbons (Fsp3) is 0.667. The lowest BCUT2D eigenvalue weighted by Crippen LogP contribution is -2.35. The molecule has 1 aromatic rings. The average molecular weight is 295 g/mol. The molecule has 0 bridgehead atoms. The molecule has 0 radical (unpaired) electrons. The highest BCUT2D eigenvalue weighted by Crippen LogP contribution is 2.14. The predicted molar refractivity (Wildman–Crippen MR) is 83.7 cm³/mol. The second kappa shape index (κ2) is 7.76. The largest absolute Gasteiger partial charge is 0.341 e. The maximum absolute atomic E-state index is 12.1. The van der Waals surface area contributed by atoms with E-state index in [4.69, 9.17) is 5.73 Å². The van der Waals surface area contributed by atoms with E-state index >= 15 is 0 Å². The fourth-order valence-corrected chi connectivity index (χ4v) is 3.26. The Morgan fingerprint density at radius 3 is 2.95 bits per heavy atom. The first-order valence-electron chi connectivity index (χ1n) is 7.43. The van der Waals surface area contributed by atoms with Gasteiger partial charge in [0, 0.05) is 50.1 Å². The van der Waals surface area contributed by atoms with E-state index in [1.165, 1.54) is 4.88 Å². The molecule has 0 saturated carbocycles. The van der Waals surface area contributed by atoms with Crippen molar-refractivity contribution in [1.82, 2.24) is 9.80 Å². The summed E-state index contributed by atoms with van der Waals surface area (Å²) in [5.74, 6) is 0.264. The van der Waals surface area contributed by atoms with Crippen molar-refractivity contribution in [3.05, 3.63) is 22.4 Å². The first-order valence-corrected chi connectivity index (χ1v) is 8.31. The molecular formula is C15H25N3OS. The molecule has 20 heavy (non-hydrogen) atoms. The molecule has 112 valence electrons. The summed E-state index contributed by atoms with van der Waals surface area (Å²) in [7, 11) is 0. The Labute approximate surface area is 125 Å². The zero-order valence-electron chi connectivity index (χ0n) is 12.3. The van der Waals surface area contributed by atoms with E-state index in [1.807, 2.05) is 11.8 Å². The SMILES string of the molecule is CC(N)CCC(=O)N1CCCN(Cc2cccs2)CC1. The van der Waals surface area contributed by atoms with E-state index in [9.17, 15) is 4.79 Å². The Bertz CT molecular complexity index is 405. The summed E-state index contributed by atoms with van der Waals surface area (Å²) in [6, 6.07) is 4.39. The Kier molecular flexibility index (Phi) is 6.01. The summed E-state index contributed by atoms with van der Waals surface area (Å²) in [5.41, 5.74) is 5.72. The van der Waals surface area contributed by atoms with Gasteiger partial charge in [-0.1, -0.05) is 6.07 Å². The first kappa shape index (κ1) is 15.5. The Hall–Kier alpha value is -0.910. The predicted octanol–water partition coefficient (Wildman–Crippen LogP) is 1.91. The minimum Gasteiger partial charge on any atom is -0.341 e. The van der Waals surface area contributed by atoms with Crippen LogP contribution < -0.4 is 5.73 Å². The molecule has 1 atom stereocenters. The van der Waals surface area contributed by atoms with Gasteiger partial charge in [0.05, 0.1) is 0 Å². The van der Waals surface area contributed by atoms with Gasteiger partial charge in [-0.25, -0.2) is 0 Å². The van der Waals surface area contributed by atoms with Gasteiger partial charge in [-0.3, -0.25) is 9.69 Å². The molecule has 2 rings (SSSR count). The smallest absolute Gasteiger partial charge is 0.222 e. The maximum Gasteiger partial charge on any atom is 0.222 e. The molecule has 2 heterocycles. The van der Waals surface area contributed by atoms with Gasteiger partial charge in [0.1, 0.15) is 0 Å². The van der Waals surface area contributed by atoms with Gasteiger partial charge in [-0.15, -0.1) is 11.3 Å². The Morgan fingerprint density at radius 1 is 1.40 bits per heavy atom. The maximum atomic E-state index is 12.1. The summed E-state index contributed by atoms with van der Waals surface area (Å²) in [4.78, 5) is 18.0. The van der Waals surface area contributed by atoms with Crippen LogP contribution in [0.2, 0.25) is 0 Å². The van der Waals surface area contributed by atoms with Crippen LogP contribution in [0.3, 0.4) is 0 Å². The van der Waals surface area contributed by atoms with Crippen molar-refractivity contribution < 1.29 is 4.79 Å². The fourth-order valence-electron chi connectivity index (χ4n) is 2.51. The number of hydrogen-bond acceptors (Lipinski definition) is 4. The lowest BCUT2D eigenvalue weighted by Gasteiger charge is -2.22. The zero-order chi connectivity index (χ0) is 14.4. The second-order valence-corrected chi connectivity index (χ2v) is 6.64. The third kappa shape index (κ3) is 4.89. The summed E-state index contributed by atoms with van der Waals surface area (Å²) < 4.78 is 0. The van der Waals surface area contributed by atoms with E-state index in [0.29, 0.717) is 6.42 Å². The van der Waals surface area contributed by atoms with Crippen LogP contribution in [0.5, 0.6) is 0 Å². The number of hydrogen-bond donors (Lipinski definition) is 1. The van der Waals surface area contributed by atoms with Crippen LogP contribution >= 0.6 is 11.3 Å². The molecule has 4 nitrogen and oxygen atoms in total. The van der Waals surface area contributed by atoms with Crippen molar-refractivity contribution >= 4 is 17.2 Å². The van der Waals surface area contributed by atoms with E-state index < -0.39 is 0 Å². The minimum atomic E-state index is 0.112. The molecule has 1 saturated heterocycles. The number of nitrogens with zero attached hydrogens (tertiary/aromatic N) is 2. The second-order valence-electron chi connectivity index (χ2n) is 5.61. The Balaban J connectivity index is 1.78. The highest BCUT2D eigenvalue weighted by atomic mass is 32.1. The molecule has 1 aliphatic rings. The Morgan fingerprint density at radius 2 is 2.25 bits per heavy atom. The average Bonchev–Trinajstić information content (AvgIpc) is 2.81. The van der Waals surface area contributed by atoms with Gasteiger partial charge in [-0.05, 0) is 31.2 Å². The highest BCUT2D eigenvalue weighted by Gasteiger charge is 2.19. The topological polar surface area (TPSA) is 49.6 Å². The van der Waals surface area contributed by atoms with E-state index in [0.717, 1.165) is 45.6 Å². The number of nitrogens with two attached hydrogens (primary N) is 1. The molecule has 2 N–H and O–H groups in total. The summed E-state index contributed by atoms with van der Waals surface area (Å²) >= 11 is 1.81. The minimum absolute atomic E-state index is 0.112. The van der Waals surface area contributed by atoms with Crippen LogP contribution in [0.25, 0.3) is 0 Å². The molecule has 1 fully saturated rings. The summed E-state index contributed by atoms with van der Waals surface area (Å²) in [6.07, 6.45) is 2.44. The van der Waals surface area contributed by atoms with Crippen molar-refractivity contribution in [2.45, 2.75) is 38.8 Å². The van der Waals surface area contributed by atoms with Gasteiger partial charge in [-0.2, -0.15) is 0 Å². The molecule has 1 aromatic heterocycles. The normalized spacial score (nSPS) is 18.8. The number of rotatable bonds is 5. The van der Waals surface area contributed by atoms with Crippen molar-refractivity contribution in [2.75, 3.05) is 26.2 Å². The quantitative estimate of drug-likeness (QED) is 0.903. The van der Waals surface area contributed by atoms with Crippen LogP contribution in [0, 0.1) is 0 Å². The van der Waals surface area contributed by atoms with Crippen molar-refractivity contribution in [2.24, 2.45) is 5.73 Å². The van der Waals surface area contributed by atoms with Gasteiger partial charge < -0.3 is 10.6 Å². The highest BCUT2D eigenvalue weighted by molar-refractivity contribution is 7.09. The number of thiophene rings is 1. The van der Waals surface area contributed by atoms with Crippen LogP contribution in [-0.4, -0.2) is 47.9 Å². The van der Waals surface area contributed by atoms with Crippen molar-refractivity contribution in [1.29, 1.82) is 0 Å². The molecule has 1 unspecified atom stereocenters. The number of carbonyl (C=O) groups excluding carboxylic acids is 1. The standard InChI is InChI=1S/C15H25N3OS/c1-13(16)5-6-15(19)18-8-3-7-17(9-10-18)12-14-4-2-11-20-14/h2,4,11,13H,3,5-10,12,16H2,1H3. The molecule has 1 aliphatic heterocycles. The number of carbonyl (C=O) groups is 1. The van der Waals surface area contributed by atoms with Crippen molar-refractivity contribution in [3.63, 3.8) is 0 Å². The molecule has 5 heteroatoms. The third-order valence-electron chi connectivity index (χ3n) is 3.71. The van der Waals surface area contributed by atoms with Crippen LogP contribution in [0.4, 0.5) is 0 Å². The van der Waals surface area contributed by atoms with E-state index in [2.05, 4.69) is 22.4 Å². The summed E-state index contributed by atoms with van der Waals surface area (Å²) in [5, 5.41) is 2.12. The molecule has 0 spiro atoms. The van der Waals surface area contributed by atoms with Gasteiger partial charge >= 0.3 is 0 Å². The van der Waals surface area contributed by atoms with E-state index in [-0.39, 0.29) is 11.9 Å². The van der Waals surface area contributed by atoms with Gasteiger partial charge in [0.2, 0.25) is 5.91 Å². The van der Waals surface area contributed by atoms with Gasteiger partial charge in [0.15, 0.2) is 0 Å². The first-order chi connectivity index (χ1) is 9.65. The molecule has 0 aliphatic carbocycles. The zero-order valence-corrected chi connectivity index (χ0v) is 13.1. The van der Waals surface area contributed by atoms with Gasteiger partial charge in [0.25, 0.3) is 0 Å². The van der Waals surface area contributed by atoms with Crippen molar-refractivity contribution in [3.8, 4) is 0 Å². The van der Waals surface area contributed by atoms with Crippen LogP contribution in [0.15, 0.2) is 17.5 Å². The van der Waals surface area contributed by atoms with E-state index in [1.54, 1.807) is 11.3 Å². The number of amides is 1. The third-order valence-corrected chi connectivity index (χ3v) is 4.58. The summed E-state index contributed by atoms with van der Waals surface area (Å²) in [6.45, 7) is 6.76.